The van der Waals surface area contributed by atoms with Gasteiger partial charge < -0.3 is 11.1 Å². The Kier molecular flexibility index (Phi) is 5.05. The molecule has 0 saturated carbocycles. The van der Waals surface area contributed by atoms with Crippen LogP contribution in [0.15, 0.2) is 42.5 Å². The first kappa shape index (κ1) is 16.6. The molecule has 0 aliphatic carbocycles. The summed E-state index contributed by atoms with van der Waals surface area (Å²) in [5.41, 5.74) is 6.96. The van der Waals surface area contributed by atoms with Gasteiger partial charge in [-0.3, -0.25) is 9.59 Å². The van der Waals surface area contributed by atoms with E-state index in [-0.39, 0.29) is 12.0 Å². The van der Waals surface area contributed by atoms with Crippen molar-refractivity contribution < 1.29 is 18.4 Å². The van der Waals surface area contributed by atoms with Crippen molar-refractivity contribution in [2.45, 2.75) is 19.4 Å². The zero-order chi connectivity index (χ0) is 17.0. The van der Waals surface area contributed by atoms with Crippen LogP contribution in [-0.2, 0) is 11.2 Å². The molecular weight excluding hydrogens is 302 g/mol. The number of primary amides is 1. The molecule has 0 aliphatic rings. The number of amides is 2. The molecule has 0 spiro atoms. The van der Waals surface area contributed by atoms with Crippen LogP contribution in [0.2, 0.25) is 0 Å². The molecule has 0 aliphatic heterocycles. The Labute approximate surface area is 132 Å². The fraction of sp³-hybridized carbons (Fsp3) is 0.176. The third-order valence-corrected chi connectivity index (χ3v) is 3.33. The standard InChI is InChI=1S/C17H16F2N2O2/c1-10-2-4-11(5-3-10)6-15(16(20)22)21-17(23)12-7-13(18)9-14(19)8-12/h2-5,7-9,15H,6H2,1H3,(H2,20,22)(H,21,23)/t15-/m0/s1. The number of carbonyl (C=O) groups excluding carboxylic acids is 2. The zero-order valence-corrected chi connectivity index (χ0v) is 12.5. The molecule has 1 atom stereocenters. The van der Waals surface area contributed by atoms with Crippen molar-refractivity contribution in [2.24, 2.45) is 5.73 Å². The maximum atomic E-state index is 13.2. The quantitative estimate of drug-likeness (QED) is 0.886. The van der Waals surface area contributed by atoms with Crippen LogP contribution >= 0.6 is 0 Å². The molecule has 0 bridgehead atoms. The molecule has 0 saturated heterocycles. The van der Waals surface area contributed by atoms with Crippen molar-refractivity contribution in [2.75, 3.05) is 0 Å². The zero-order valence-electron chi connectivity index (χ0n) is 12.5. The van der Waals surface area contributed by atoms with Gasteiger partial charge in [-0.25, -0.2) is 8.78 Å². The minimum atomic E-state index is -0.975. The number of hydrogen-bond donors (Lipinski definition) is 2. The van der Waals surface area contributed by atoms with Crippen molar-refractivity contribution in [1.82, 2.24) is 5.32 Å². The molecule has 0 heterocycles. The van der Waals surface area contributed by atoms with Gasteiger partial charge in [0.05, 0.1) is 0 Å². The molecule has 0 aromatic heterocycles. The molecule has 0 radical (unpaired) electrons. The first-order chi connectivity index (χ1) is 10.8. The van der Waals surface area contributed by atoms with E-state index in [4.69, 9.17) is 5.73 Å². The van der Waals surface area contributed by atoms with E-state index >= 15 is 0 Å². The molecule has 2 aromatic carbocycles. The van der Waals surface area contributed by atoms with Gasteiger partial charge in [-0.1, -0.05) is 29.8 Å². The minimum absolute atomic E-state index is 0.194. The molecule has 2 rings (SSSR count). The summed E-state index contributed by atoms with van der Waals surface area (Å²) in [7, 11) is 0. The molecule has 2 amide bonds. The second-order valence-corrected chi connectivity index (χ2v) is 5.28. The molecule has 4 nitrogen and oxygen atoms in total. The monoisotopic (exact) mass is 318 g/mol. The Morgan fingerprint density at radius 3 is 2.17 bits per heavy atom. The lowest BCUT2D eigenvalue weighted by Gasteiger charge is -2.16. The smallest absolute Gasteiger partial charge is 0.252 e. The van der Waals surface area contributed by atoms with Crippen LogP contribution in [0.5, 0.6) is 0 Å². The van der Waals surface area contributed by atoms with Crippen molar-refractivity contribution >= 4 is 11.8 Å². The fourth-order valence-electron chi connectivity index (χ4n) is 2.11. The minimum Gasteiger partial charge on any atom is -0.368 e. The van der Waals surface area contributed by atoms with Crippen LogP contribution in [0.4, 0.5) is 8.78 Å². The van der Waals surface area contributed by atoms with Gasteiger partial charge in [0.25, 0.3) is 5.91 Å². The van der Waals surface area contributed by atoms with E-state index in [2.05, 4.69) is 5.32 Å². The molecular formula is C17H16F2N2O2. The molecule has 0 fully saturated rings. The van der Waals surface area contributed by atoms with Gasteiger partial charge >= 0.3 is 0 Å². The summed E-state index contributed by atoms with van der Waals surface area (Å²) in [6.07, 6.45) is 0.194. The Bertz CT molecular complexity index is 710. The number of nitrogens with one attached hydrogen (secondary N) is 1. The van der Waals surface area contributed by atoms with E-state index in [1.807, 2.05) is 31.2 Å². The van der Waals surface area contributed by atoms with Crippen LogP contribution in [-0.4, -0.2) is 17.9 Å². The number of rotatable bonds is 5. The van der Waals surface area contributed by atoms with E-state index in [0.717, 1.165) is 23.3 Å². The summed E-state index contributed by atoms with van der Waals surface area (Å²) in [6.45, 7) is 1.93. The van der Waals surface area contributed by atoms with Crippen LogP contribution in [0.25, 0.3) is 0 Å². The van der Waals surface area contributed by atoms with Gasteiger partial charge in [0.2, 0.25) is 5.91 Å². The lowest BCUT2D eigenvalue weighted by molar-refractivity contribution is -0.119. The lowest BCUT2D eigenvalue weighted by atomic mass is 10.0. The Morgan fingerprint density at radius 2 is 1.65 bits per heavy atom. The first-order valence-electron chi connectivity index (χ1n) is 6.97. The first-order valence-corrected chi connectivity index (χ1v) is 6.97. The number of hydrogen-bond acceptors (Lipinski definition) is 2. The van der Waals surface area contributed by atoms with Gasteiger partial charge in [0, 0.05) is 18.1 Å². The third kappa shape index (κ3) is 4.60. The predicted octanol–water partition coefficient (Wildman–Crippen LogP) is 2.10. The van der Waals surface area contributed by atoms with Crippen molar-refractivity contribution in [3.8, 4) is 0 Å². The average Bonchev–Trinajstić information content (AvgIpc) is 2.47. The summed E-state index contributed by atoms with van der Waals surface area (Å²) < 4.78 is 26.3. The molecule has 6 heteroatoms. The molecule has 0 unspecified atom stereocenters. The number of halogens is 2. The highest BCUT2D eigenvalue weighted by Gasteiger charge is 2.20. The maximum Gasteiger partial charge on any atom is 0.252 e. The van der Waals surface area contributed by atoms with Crippen molar-refractivity contribution in [1.29, 1.82) is 0 Å². The van der Waals surface area contributed by atoms with Gasteiger partial charge in [0.15, 0.2) is 0 Å². The van der Waals surface area contributed by atoms with Gasteiger partial charge in [-0.2, -0.15) is 0 Å². The highest BCUT2D eigenvalue weighted by atomic mass is 19.1. The van der Waals surface area contributed by atoms with E-state index in [9.17, 15) is 18.4 Å². The molecule has 120 valence electrons. The van der Waals surface area contributed by atoms with E-state index < -0.39 is 29.5 Å². The highest BCUT2D eigenvalue weighted by Crippen LogP contribution is 2.10. The topological polar surface area (TPSA) is 72.2 Å². The number of aryl methyl sites for hydroxylation is 1. The lowest BCUT2D eigenvalue weighted by Crippen LogP contribution is -2.45. The van der Waals surface area contributed by atoms with Gasteiger partial charge in [-0.15, -0.1) is 0 Å². The average molecular weight is 318 g/mol. The summed E-state index contributed by atoms with van der Waals surface area (Å²) >= 11 is 0. The molecule has 2 aromatic rings. The predicted molar refractivity (Wildman–Crippen MR) is 81.7 cm³/mol. The van der Waals surface area contributed by atoms with Crippen LogP contribution in [0, 0.1) is 18.6 Å². The summed E-state index contributed by atoms with van der Waals surface area (Å²) in [6, 6.07) is 8.85. The van der Waals surface area contributed by atoms with Crippen LogP contribution < -0.4 is 11.1 Å². The highest BCUT2D eigenvalue weighted by molar-refractivity contribution is 5.97. The number of nitrogens with two attached hydrogens (primary N) is 1. The van der Waals surface area contributed by atoms with Crippen LogP contribution in [0.3, 0.4) is 0 Å². The summed E-state index contributed by atoms with van der Waals surface area (Å²) in [5.74, 6) is -3.23. The van der Waals surface area contributed by atoms with Gasteiger partial charge in [-0.05, 0) is 24.6 Å². The van der Waals surface area contributed by atoms with Crippen molar-refractivity contribution in [3.05, 3.63) is 70.8 Å². The van der Waals surface area contributed by atoms with Crippen LogP contribution in [0.1, 0.15) is 21.5 Å². The second kappa shape index (κ2) is 7.00. The van der Waals surface area contributed by atoms with E-state index in [0.29, 0.717) is 6.07 Å². The molecule has 23 heavy (non-hydrogen) atoms. The maximum absolute atomic E-state index is 13.2. The summed E-state index contributed by atoms with van der Waals surface area (Å²) in [4.78, 5) is 23.6. The van der Waals surface area contributed by atoms with E-state index in [1.165, 1.54) is 0 Å². The normalized spacial score (nSPS) is 11.8. The fourth-order valence-corrected chi connectivity index (χ4v) is 2.11. The number of benzene rings is 2. The third-order valence-electron chi connectivity index (χ3n) is 3.33. The Balaban J connectivity index is 2.14. The summed E-state index contributed by atoms with van der Waals surface area (Å²) in [5, 5.41) is 2.40. The SMILES string of the molecule is Cc1ccc(C[C@H](NC(=O)c2cc(F)cc(F)c2)C(N)=O)cc1. The second-order valence-electron chi connectivity index (χ2n) is 5.28. The van der Waals surface area contributed by atoms with Gasteiger partial charge in [0.1, 0.15) is 17.7 Å². The Hall–Kier alpha value is -2.76. The largest absolute Gasteiger partial charge is 0.368 e. The van der Waals surface area contributed by atoms with Crippen molar-refractivity contribution in [3.63, 3.8) is 0 Å². The van der Waals surface area contributed by atoms with E-state index in [1.54, 1.807) is 0 Å². The Morgan fingerprint density at radius 1 is 1.09 bits per heavy atom. The number of carbonyl (C=O) groups is 2. The molecule has 3 N–H and O–H groups in total.